The molecule has 0 heterocycles. The van der Waals surface area contributed by atoms with Crippen molar-refractivity contribution < 1.29 is 9.90 Å². The standard InChI is InChI=1S/C10H18O2/c1-3-4-5-6-10(12)8-7-9(2)11/h7-8,10,12H,3-6H2,1-2H3. The van der Waals surface area contributed by atoms with Crippen LogP contribution >= 0.6 is 0 Å². The highest BCUT2D eigenvalue weighted by molar-refractivity contribution is 5.87. The van der Waals surface area contributed by atoms with Gasteiger partial charge in [-0.2, -0.15) is 0 Å². The summed E-state index contributed by atoms with van der Waals surface area (Å²) in [7, 11) is 0. The van der Waals surface area contributed by atoms with Gasteiger partial charge in [-0.1, -0.05) is 32.3 Å². The molecule has 1 atom stereocenters. The second-order valence-electron chi connectivity index (χ2n) is 3.03. The minimum absolute atomic E-state index is 0.00968. The van der Waals surface area contributed by atoms with Crippen LogP contribution in [0.3, 0.4) is 0 Å². The molecule has 70 valence electrons. The van der Waals surface area contributed by atoms with Crippen molar-refractivity contribution in [3.05, 3.63) is 12.2 Å². The van der Waals surface area contributed by atoms with Crippen LogP contribution < -0.4 is 0 Å². The molecule has 0 fully saturated rings. The number of unbranched alkanes of at least 4 members (excludes halogenated alkanes) is 2. The van der Waals surface area contributed by atoms with Gasteiger partial charge in [0.15, 0.2) is 5.78 Å². The van der Waals surface area contributed by atoms with Crippen LogP contribution in [0.25, 0.3) is 0 Å². The molecule has 0 spiro atoms. The number of carbonyl (C=O) groups is 1. The van der Waals surface area contributed by atoms with Gasteiger partial charge in [0.05, 0.1) is 6.10 Å². The number of aliphatic hydroxyl groups excluding tert-OH is 1. The molecular weight excluding hydrogens is 152 g/mol. The monoisotopic (exact) mass is 170 g/mol. The smallest absolute Gasteiger partial charge is 0.152 e. The van der Waals surface area contributed by atoms with E-state index in [4.69, 9.17) is 0 Å². The molecule has 12 heavy (non-hydrogen) atoms. The number of ketones is 1. The molecule has 2 heteroatoms. The van der Waals surface area contributed by atoms with Crippen LogP contribution in [-0.2, 0) is 4.79 Å². The molecule has 0 aromatic heterocycles. The summed E-state index contributed by atoms with van der Waals surface area (Å²) in [4.78, 5) is 10.5. The summed E-state index contributed by atoms with van der Waals surface area (Å²) in [6.45, 7) is 3.60. The quantitative estimate of drug-likeness (QED) is 0.489. The maximum Gasteiger partial charge on any atom is 0.152 e. The zero-order valence-electron chi connectivity index (χ0n) is 7.92. The van der Waals surface area contributed by atoms with E-state index in [0.29, 0.717) is 0 Å². The SMILES string of the molecule is CCCCCC(O)C=CC(C)=O. The van der Waals surface area contributed by atoms with Crippen molar-refractivity contribution in [2.45, 2.75) is 45.6 Å². The van der Waals surface area contributed by atoms with E-state index >= 15 is 0 Å². The lowest BCUT2D eigenvalue weighted by atomic mass is 10.1. The number of allylic oxidation sites excluding steroid dienone is 1. The van der Waals surface area contributed by atoms with Crippen molar-refractivity contribution in [3.63, 3.8) is 0 Å². The molecule has 0 radical (unpaired) electrons. The maximum absolute atomic E-state index is 10.5. The van der Waals surface area contributed by atoms with Gasteiger partial charge in [0.2, 0.25) is 0 Å². The number of hydrogen-bond donors (Lipinski definition) is 1. The van der Waals surface area contributed by atoms with E-state index in [1.807, 2.05) is 0 Å². The van der Waals surface area contributed by atoms with Gasteiger partial charge in [0.1, 0.15) is 0 Å². The Bertz CT molecular complexity index is 150. The molecule has 0 aliphatic rings. The molecule has 0 aliphatic heterocycles. The lowest BCUT2D eigenvalue weighted by molar-refractivity contribution is -0.112. The zero-order valence-corrected chi connectivity index (χ0v) is 7.92. The third kappa shape index (κ3) is 7.48. The average Bonchev–Trinajstić information content (AvgIpc) is 2.01. The van der Waals surface area contributed by atoms with E-state index in [1.165, 1.54) is 13.0 Å². The summed E-state index contributed by atoms with van der Waals surface area (Å²) in [6.07, 6.45) is 6.64. The normalized spacial score (nSPS) is 13.6. The molecule has 1 unspecified atom stereocenters. The predicted molar refractivity (Wildman–Crippen MR) is 50.0 cm³/mol. The van der Waals surface area contributed by atoms with Gasteiger partial charge < -0.3 is 5.11 Å². The van der Waals surface area contributed by atoms with E-state index in [1.54, 1.807) is 6.08 Å². The highest BCUT2D eigenvalue weighted by Crippen LogP contribution is 2.03. The maximum atomic E-state index is 10.5. The van der Waals surface area contributed by atoms with Crippen molar-refractivity contribution in [2.75, 3.05) is 0 Å². The van der Waals surface area contributed by atoms with Gasteiger partial charge >= 0.3 is 0 Å². The summed E-state index contributed by atoms with van der Waals surface area (Å²) in [5.41, 5.74) is 0. The van der Waals surface area contributed by atoms with E-state index in [0.717, 1.165) is 25.7 Å². The fourth-order valence-electron chi connectivity index (χ4n) is 0.946. The minimum atomic E-state index is -0.444. The van der Waals surface area contributed by atoms with Gasteiger partial charge in [0, 0.05) is 0 Å². The van der Waals surface area contributed by atoms with Gasteiger partial charge in [-0.15, -0.1) is 0 Å². The summed E-state index contributed by atoms with van der Waals surface area (Å²) >= 11 is 0. The first-order valence-corrected chi connectivity index (χ1v) is 4.53. The lowest BCUT2D eigenvalue weighted by Crippen LogP contribution is -2.02. The fourth-order valence-corrected chi connectivity index (χ4v) is 0.946. The van der Waals surface area contributed by atoms with Gasteiger partial charge in [-0.3, -0.25) is 4.79 Å². The Morgan fingerprint density at radius 2 is 2.17 bits per heavy atom. The fraction of sp³-hybridized carbons (Fsp3) is 0.700. The summed E-state index contributed by atoms with van der Waals surface area (Å²) in [5.74, 6) is -0.00968. The third-order valence-corrected chi connectivity index (χ3v) is 1.66. The first kappa shape index (κ1) is 11.4. The van der Waals surface area contributed by atoms with Gasteiger partial charge in [-0.25, -0.2) is 0 Å². The van der Waals surface area contributed by atoms with Gasteiger partial charge in [-0.05, 0) is 19.4 Å². The van der Waals surface area contributed by atoms with E-state index < -0.39 is 6.10 Å². The Labute approximate surface area is 74.3 Å². The molecule has 0 aliphatic carbocycles. The van der Waals surface area contributed by atoms with Crippen molar-refractivity contribution in [1.29, 1.82) is 0 Å². The number of carbonyl (C=O) groups excluding carboxylic acids is 1. The topological polar surface area (TPSA) is 37.3 Å². The van der Waals surface area contributed by atoms with Crippen LogP contribution in [0, 0.1) is 0 Å². The van der Waals surface area contributed by atoms with Crippen molar-refractivity contribution in [1.82, 2.24) is 0 Å². The number of rotatable bonds is 6. The van der Waals surface area contributed by atoms with Gasteiger partial charge in [0.25, 0.3) is 0 Å². The second-order valence-corrected chi connectivity index (χ2v) is 3.03. The summed E-state index contributed by atoms with van der Waals surface area (Å²) < 4.78 is 0. The largest absolute Gasteiger partial charge is 0.389 e. The average molecular weight is 170 g/mol. The number of hydrogen-bond acceptors (Lipinski definition) is 2. The van der Waals surface area contributed by atoms with Crippen LogP contribution in [0.4, 0.5) is 0 Å². The Balaban J connectivity index is 3.45. The van der Waals surface area contributed by atoms with Crippen molar-refractivity contribution in [3.8, 4) is 0 Å². The molecule has 0 amide bonds. The van der Waals surface area contributed by atoms with Crippen LogP contribution in [-0.4, -0.2) is 17.0 Å². The molecule has 0 aromatic rings. The highest BCUT2D eigenvalue weighted by atomic mass is 16.3. The molecule has 0 rings (SSSR count). The van der Waals surface area contributed by atoms with Crippen molar-refractivity contribution >= 4 is 5.78 Å². The van der Waals surface area contributed by atoms with E-state index in [2.05, 4.69) is 6.92 Å². The summed E-state index contributed by atoms with van der Waals surface area (Å²) in [6, 6.07) is 0. The first-order valence-electron chi connectivity index (χ1n) is 4.53. The minimum Gasteiger partial charge on any atom is -0.389 e. The summed E-state index contributed by atoms with van der Waals surface area (Å²) in [5, 5.41) is 9.29. The molecule has 2 nitrogen and oxygen atoms in total. The molecule has 0 aromatic carbocycles. The first-order chi connectivity index (χ1) is 5.66. The molecule has 1 N–H and O–H groups in total. The van der Waals surface area contributed by atoms with E-state index in [9.17, 15) is 9.90 Å². The Morgan fingerprint density at radius 1 is 1.50 bits per heavy atom. The van der Waals surface area contributed by atoms with Crippen molar-refractivity contribution in [2.24, 2.45) is 0 Å². The lowest BCUT2D eigenvalue weighted by Gasteiger charge is -2.02. The molecular formula is C10H18O2. The molecule has 0 bridgehead atoms. The predicted octanol–water partition coefficient (Wildman–Crippen LogP) is 2.07. The van der Waals surface area contributed by atoms with E-state index in [-0.39, 0.29) is 5.78 Å². The van der Waals surface area contributed by atoms with Crippen LogP contribution in [0.2, 0.25) is 0 Å². The Kier molecular flexibility index (Phi) is 6.67. The zero-order chi connectivity index (χ0) is 9.40. The third-order valence-electron chi connectivity index (χ3n) is 1.66. The molecule has 0 saturated carbocycles. The highest BCUT2D eigenvalue weighted by Gasteiger charge is 1.97. The second kappa shape index (κ2) is 7.04. The number of aliphatic hydroxyl groups is 1. The van der Waals surface area contributed by atoms with Crippen LogP contribution in [0.1, 0.15) is 39.5 Å². The molecule has 0 saturated heterocycles. The van der Waals surface area contributed by atoms with Crippen LogP contribution in [0.15, 0.2) is 12.2 Å². The Hall–Kier alpha value is -0.630. The Morgan fingerprint density at radius 3 is 2.67 bits per heavy atom. The van der Waals surface area contributed by atoms with Crippen LogP contribution in [0.5, 0.6) is 0 Å².